The first-order valence-corrected chi connectivity index (χ1v) is 8.02. The maximum atomic E-state index is 13.0. The fourth-order valence-corrected chi connectivity index (χ4v) is 2.17. The molecule has 0 amide bonds. The van der Waals surface area contributed by atoms with Crippen molar-refractivity contribution >= 4 is 12.3 Å². The van der Waals surface area contributed by atoms with E-state index >= 15 is 0 Å². The van der Waals surface area contributed by atoms with Crippen LogP contribution in [0.25, 0.3) is 11.5 Å². The number of hydrogen-bond donors (Lipinski definition) is 0. The van der Waals surface area contributed by atoms with Gasteiger partial charge in [0.2, 0.25) is 5.89 Å². The van der Waals surface area contributed by atoms with E-state index in [9.17, 15) is 14.0 Å². The van der Waals surface area contributed by atoms with Gasteiger partial charge in [0, 0.05) is 11.1 Å². The van der Waals surface area contributed by atoms with Crippen LogP contribution in [0.1, 0.15) is 29.3 Å². The van der Waals surface area contributed by atoms with Crippen LogP contribution in [0.2, 0.25) is 0 Å². The van der Waals surface area contributed by atoms with Crippen LogP contribution in [0.3, 0.4) is 0 Å². The Balaban J connectivity index is 1.54. The highest BCUT2D eigenvalue weighted by atomic mass is 19.1. The van der Waals surface area contributed by atoms with Crippen molar-refractivity contribution < 1.29 is 27.9 Å². The molecule has 138 valence electrons. The van der Waals surface area contributed by atoms with Crippen LogP contribution >= 0.6 is 0 Å². The summed E-state index contributed by atoms with van der Waals surface area (Å²) >= 11 is 0. The number of rotatable bonds is 7. The molecule has 0 saturated carbocycles. The maximum absolute atomic E-state index is 13.0. The highest BCUT2D eigenvalue weighted by Gasteiger charge is 2.19. The summed E-state index contributed by atoms with van der Waals surface area (Å²) in [7, 11) is 0. The Bertz CT molecular complexity index is 922. The molecule has 0 aliphatic carbocycles. The summed E-state index contributed by atoms with van der Waals surface area (Å²) in [6, 6.07) is 11.9. The van der Waals surface area contributed by atoms with E-state index in [1.54, 1.807) is 31.2 Å². The highest BCUT2D eigenvalue weighted by molar-refractivity contribution is 5.75. The molecule has 0 saturated heterocycles. The topological polar surface area (TPSA) is 91.5 Å². The van der Waals surface area contributed by atoms with E-state index in [0.29, 0.717) is 23.2 Å². The molecule has 0 bridgehead atoms. The van der Waals surface area contributed by atoms with Gasteiger partial charge in [0.1, 0.15) is 17.9 Å². The predicted octanol–water partition coefficient (Wildman–Crippen LogP) is 3.37. The molecule has 0 spiro atoms. The number of aldehydes is 1. The van der Waals surface area contributed by atoms with Gasteiger partial charge in [-0.05, 0) is 55.5 Å². The van der Waals surface area contributed by atoms with Crippen molar-refractivity contribution in [2.24, 2.45) is 0 Å². The van der Waals surface area contributed by atoms with Crippen molar-refractivity contribution in [1.29, 1.82) is 0 Å². The zero-order valence-corrected chi connectivity index (χ0v) is 14.3. The Morgan fingerprint density at radius 1 is 1.15 bits per heavy atom. The summed E-state index contributed by atoms with van der Waals surface area (Å²) in [5.41, 5.74) is 1.06. The van der Waals surface area contributed by atoms with Gasteiger partial charge in [0.15, 0.2) is 12.7 Å². The van der Waals surface area contributed by atoms with Crippen molar-refractivity contribution in [3.8, 4) is 17.2 Å². The lowest BCUT2D eigenvalue weighted by Crippen LogP contribution is -2.17. The average Bonchev–Trinajstić information content (AvgIpc) is 3.18. The molecule has 8 heteroatoms. The normalized spacial score (nSPS) is 11.6. The molecule has 0 N–H and O–H groups in total. The maximum Gasteiger partial charge on any atom is 0.344 e. The van der Waals surface area contributed by atoms with E-state index in [1.165, 1.54) is 24.3 Å². The van der Waals surface area contributed by atoms with Gasteiger partial charge in [-0.2, -0.15) is 0 Å². The lowest BCUT2D eigenvalue weighted by atomic mass is 10.2. The molecule has 1 aromatic heterocycles. The zero-order chi connectivity index (χ0) is 19.2. The smallest absolute Gasteiger partial charge is 0.344 e. The summed E-state index contributed by atoms with van der Waals surface area (Å²) in [4.78, 5) is 22.5. The summed E-state index contributed by atoms with van der Waals surface area (Å²) in [5.74, 6) is -0.260. The first kappa shape index (κ1) is 18.2. The fourth-order valence-electron chi connectivity index (χ4n) is 2.17. The third-order valence-corrected chi connectivity index (χ3v) is 3.56. The largest absolute Gasteiger partial charge is 0.482 e. The lowest BCUT2D eigenvalue weighted by Gasteiger charge is -2.10. The van der Waals surface area contributed by atoms with E-state index < -0.39 is 12.1 Å². The van der Waals surface area contributed by atoms with Gasteiger partial charge < -0.3 is 13.9 Å². The number of hydrogen-bond acceptors (Lipinski definition) is 7. The second kappa shape index (κ2) is 8.22. The Morgan fingerprint density at radius 2 is 1.85 bits per heavy atom. The van der Waals surface area contributed by atoms with E-state index in [0.717, 1.165) is 0 Å². The number of esters is 1. The molecule has 27 heavy (non-hydrogen) atoms. The van der Waals surface area contributed by atoms with E-state index in [-0.39, 0.29) is 24.2 Å². The minimum Gasteiger partial charge on any atom is -0.482 e. The Hall–Kier alpha value is -3.55. The van der Waals surface area contributed by atoms with Crippen LogP contribution in [0.5, 0.6) is 5.75 Å². The standard InChI is InChI=1S/C19H15FN2O5/c1-12(18-21-22-19(27-18)14-4-6-15(20)7-5-14)26-17(24)11-25-16-8-2-13(10-23)3-9-16/h2-10,12H,11H2,1H3/t12-/m1/s1. The Morgan fingerprint density at radius 3 is 2.52 bits per heavy atom. The first-order chi connectivity index (χ1) is 13.0. The second-order valence-electron chi connectivity index (χ2n) is 5.56. The average molecular weight is 370 g/mol. The number of nitrogens with zero attached hydrogens (tertiary/aromatic N) is 2. The van der Waals surface area contributed by atoms with Crippen LogP contribution in [-0.4, -0.2) is 29.1 Å². The minimum absolute atomic E-state index is 0.109. The zero-order valence-electron chi connectivity index (χ0n) is 14.3. The minimum atomic E-state index is -0.778. The molecule has 0 unspecified atom stereocenters. The van der Waals surface area contributed by atoms with Crippen molar-refractivity contribution in [2.75, 3.05) is 6.61 Å². The van der Waals surface area contributed by atoms with Crippen molar-refractivity contribution in [3.63, 3.8) is 0 Å². The predicted molar refractivity (Wildman–Crippen MR) is 91.5 cm³/mol. The van der Waals surface area contributed by atoms with Gasteiger partial charge in [0.05, 0.1) is 0 Å². The third-order valence-electron chi connectivity index (χ3n) is 3.56. The van der Waals surface area contributed by atoms with E-state index in [4.69, 9.17) is 13.9 Å². The molecular formula is C19H15FN2O5. The lowest BCUT2D eigenvalue weighted by molar-refractivity contribution is -0.152. The number of halogens is 1. The monoisotopic (exact) mass is 370 g/mol. The second-order valence-corrected chi connectivity index (χ2v) is 5.56. The van der Waals surface area contributed by atoms with Gasteiger partial charge in [-0.15, -0.1) is 10.2 Å². The Kier molecular flexibility index (Phi) is 5.55. The number of benzene rings is 2. The van der Waals surface area contributed by atoms with E-state index in [2.05, 4.69) is 10.2 Å². The fraction of sp³-hybridized carbons (Fsp3) is 0.158. The molecular weight excluding hydrogens is 355 g/mol. The molecule has 0 aliphatic rings. The Labute approximate surface area is 153 Å². The van der Waals surface area contributed by atoms with Crippen molar-refractivity contribution in [3.05, 3.63) is 65.8 Å². The van der Waals surface area contributed by atoms with Crippen LogP contribution in [-0.2, 0) is 9.53 Å². The molecule has 2 aromatic carbocycles. The number of ether oxygens (including phenoxy) is 2. The van der Waals surface area contributed by atoms with Gasteiger partial charge in [0.25, 0.3) is 5.89 Å². The quantitative estimate of drug-likeness (QED) is 0.465. The summed E-state index contributed by atoms with van der Waals surface area (Å²) in [6.45, 7) is 1.27. The van der Waals surface area contributed by atoms with Crippen molar-refractivity contribution in [2.45, 2.75) is 13.0 Å². The number of aromatic nitrogens is 2. The van der Waals surface area contributed by atoms with Crippen LogP contribution in [0, 0.1) is 5.82 Å². The van der Waals surface area contributed by atoms with Gasteiger partial charge in [-0.25, -0.2) is 9.18 Å². The molecule has 0 radical (unpaired) electrons. The first-order valence-electron chi connectivity index (χ1n) is 8.02. The van der Waals surface area contributed by atoms with E-state index in [1.807, 2.05) is 0 Å². The molecule has 3 rings (SSSR count). The molecule has 1 atom stereocenters. The summed E-state index contributed by atoms with van der Waals surface area (Å²) in [6.07, 6.45) is -0.0649. The number of carbonyl (C=O) groups is 2. The summed E-state index contributed by atoms with van der Waals surface area (Å²) in [5, 5.41) is 7.71. The van der Waals surface area contributed by atoms with Crippen LogP contribution < -0.4 is 4.74 Å². The van der Waals surface area contributed by atoms with Crippen molar-refractivity contribution in [1.82, 2.24) is 10.2 Å². The van der Waals surface area contributed by atoms with Crippen LogP contribution in [0.15, 0.2) is 52.9 Å². The number of carbonyl (C=O) groups excluding carboxylic acids is 2. The van der Waals surface area contributed by atoms with Gasteiger partial charge in [-0.1, -0.05) is 0 Å². The van der Waals surface area contributed by atoms with Crippen LogP contribution in [0.4, 0.5) is 4.39 Å². The summed E-state index contributed by atoms with van der Waals surface area (Å²) < 4.78 is 28.9. The SMILES string of the molecule is C[C@@H](OC(=O)COc1ccc(C=O)cc1)c1nnc(-c2ccc(F)cc2)o1. The highest BCUT2D eigenvalue weighted by Crippen LogP contribution is 2.22. The van der Waals surface area contributed by atoms with Gasteiger partial charge >= 0.3 is 5.97 Å². The third kappa shape index (κ3) is 4.75. The van der Waals surface area contributed by atoms with Gasteiger partial charge in [-0.3, -0.25) is 4.79 Å². The molecule has 7 nitrogen and oxygen atoms in total. The molecule has 0 aliphatic heterocycles. The molecule has 0 fully saturated rings. The molecule has 1 heterocycles. The molecule has 3 aromatic rings.